The second-order valence-corrected chi connectivity index (χ2v) is 5.48. The van der Waals surface area contributed by atoms with Crippen molar-refractivity contribution in [1.82, 2.24) is 4.90 Å². The van der Waals surface area contributed by atoms with Gasteiger partial charge in [0.2, 0.25) is 0 Å². The van der Waals surface area contributed by atoms with Gasteiger partial charge in [-0.25, -0.2) is 0 Å². The Morgan fingerprint density at radius 3 is 2.25 bits per heavy atom. The summed E-state index contributed by atoms with van der Waals surface area (Å²) in [7, 11) is 0. The number of likely N-dealkylation sites (N-methyl/N-ethyl adjacent to an activating group) is 1. The molecule has 0 radical (unpaired) electrons. The van der Waals surface area contributed by atoms with E-state index in [2.05, 4.69) is 18.7 Å². The summed E-state index contributed by atoms with van der Waals surface area (Å²) in [6.07, 6.45) is 0.144. The first kappa shape index (κ1) is 16.7. The number of nitrogens with zero attached hydrogens (tertiary/aromatic N) is 1. The molecule has 0 aliphatic heterocycles. The Labute approximate surface area is 122 Å². The van der Waals surface area contributed by atoms with Gasteiger partial charge in [-0.3, -0.25) is 9.69 Å². The van der Waals surface area contributed by atoms with E-state index < -0.39 is 0 Å². The molecule has 3 nitrogen and oxygen atoms in total. The number of carbonyl (C=O) groups excluding carboxylic acids is 1. The van der Waals surface area contributed by atoms with Gasteiger partial charge in [0.05, 0.1) is 12.6 Å². The van der Waals surface area contributed by atoms with E-state index in [1.807, 2.05) is 39.8 Å². The average molecular weight is 277 g/mol. The smallest absolute Gasteiger partial charge is 0.177 e. The minimum atomic E-state index is 0.144. The molecule has 0 fully saturated rings. The molecule has 112 valence electrons. The minimum absolute atomic E-state index is 0.144. The standard InChI is InChI=1S/C17H27NO2/c1-7-18(8-2)11-16(19)15-9-14(6)17(10-13(15)5)20-12(3)4/h9-10,12H,7-8,11H2,1-6H3. The van der Waals surface area contributed by atoms with Crippen molar-refractivity contribution >= 4 is 5.78 Å². The van der Waals surface area contributed by atoms with Crippen LogP contribution in [0.4, 0.5) is 0 Å². The number of ketones is 1. The first-order valence-electron chi connectivity index (χ1n) is 7.42. The van der Waals surface area contributed by atoms with Crippen LogP contribution in [0.3, 0.4) is 0 Å². The van der Waals surface area contributed by atoms with Gasteiger partial charge in [-0.05, 0) is 64.0 Å². The topological polar surface area (TPSA) is 29.5 Å². The lowest BCUT2D eigenvalue weighted by Gasteiger charge is -2.19. The van der Waals surface area contributed by atoms with Crippen molar-refractivity contribution in [1.29, 1.82) is 0 Å². The maximum absolute atomic E-state index is 12.4. The molecule has 1 aromatic carbocycles. The van der Waals surface area contributed by atoms with E-state index in [4.69, 9.17) is 4.74 Å². The van der Waals surface area contributed by atoms with Crippen LogP contribution in [0.15, 0.2) is 12.1 Å². The normalized spacial score (nSPS) is 11.2. The number of carbonyl (C=O) groups is 1. The van der Waals surface area contributed by atoms with Gasteiger partial charge in [0.15, 0.2) is 5.78 Å². The van der Waals surface area contributed by atoms with Crippen molar-refractivity contribution in [3.63, 3.8) is 0 Å². The molecule has 0 spiro atoms. The summed E-state index contributed by atoms with van der Waals surface area (Å²) in [5.74, 6) is 1.06. The molecular weight excluding hydrogens is 250 g/mol. The highest BCUT2D eigenvalue weighted by Crippen LogP contribution is 2.24. The van der Waals surface area contributed by atoms with E-state index in [1.54, 1.807) is 0 Å². The first-order chi connectivity index (χ1) is 9.38. The highest BCUT2D eigenvalue weighted by Gasteiger charge is 2.15. The molecular formula is C17H27NO2. The van der Waals surface area contributed by atoms with Gasteiger partial charge in [-0.2, -0.15) is 0 Å². The van der Waals surface area contributed by atoms with Gasteiger partial charge < -0.3 is 4.74 Å². The Kier molecular flexibility index (Phi) is 6.21. The molecule has 0 aliphatic rings. The summed E-state index contributed by atoms with van der Waals surface area (Å²) in [5, 5.41) is 0. The predicted octanol–water partition coefficient (Wildman–Crippen LogP) is 3.62. The van der Waals surface area contributed by atoms with Crippen LogP contribution >= 0.6 is 0 Å². The maximum Gasteiger partial charge on any atom is 0.177 e. The zero-order valence-corrected chi connectivity index (χ0v) is 13.6. The Bertz CT molecular complexity index is 462. The number of ether oxygens (including phenoxy) is 1. The number of hydrogen-bond donors (Lipinski definition) is 0. The summed E-state index contributed by atoms with van der Waals surface area (Å²) in [6.45, 7) is 14.4. The monoisotopic (exact) mass is 277 g/mol. The second-order valence-electron chi connectivity index (χ2n) is 5.48. The van der Waals surface area contributed by atoms with Crippen molar-refractivity contribution < 1.29 is 9.53 Å². The number of benzene rings is 1. The van der Waals surface area contributed by atoms with Crippen LogP contribution in [0, 0.1) is 13.8 Å². The van der Waals surface area contributed by atoms with Crippen LogP contribution in [0.25, 0.3) is 0 Å². The van der Waals surface area contributed by atoms with E-state index >= 15 is 0 Å². The quantitative estimate of drug-likeness (QED) is 0.713. The zero-order chi connectivity index (χ0) is 15.3. The summed E-state index contributed by atoms with van der Waals surface area (Å²) in [6, 6.07) is 3.93. The summed E-state index contributed by atoms with van der Waals surface area (Å²) >= 11 is 0. The molecule has 1 aromatic rings. The Morgan fingerprint density at radius 2 is 1.75 bits per heavy atom. The summed E-state index contributed by atoms with van der Waals surface area (Å²) < 4.78 is 5.76. The summed E-state index contributed by atoms with van der Waals surface area (Å²) in [4.78, 5) is 14.5. The van der Waals surface area contributed by atoms with Gasteiger partial charge >= 0.3 is 0 Å². The first-order valence-corrected chi connectivity index (χ1v) is 7.42. The van der Waals surface area contributed by atoms with Gasteiger partial charge in [0.25, 0.3) is 0 Å². The molecule has 0 aromatic heterocycles. The van der Waals surface area contributed by atoms with Crippen molar-refractivity contribution in [3.05, 3.63) is 28.8 Å². The lowest BCUT2D eigenvalue weighted by molar-refractivity contribution is 0.0936. The molecule has 0 heterocycles. The Balaban J connectivity index is 2.96. The third-order valence-electron chi connectivity index (χ3n) is 3.45. The molecule has 1 rings (SSSR count). The molecule has 3 heteroatoms. The number of Topliss-reactive ketones (excluding diaryl/α,β-unsaturated/α-hetero) is 1. The minimum Gasteiger partial charge on any atom is -0.491 e. The van der Waals surface area contributed by atoms with Crippen molar-refractivity contribution in [2.45, 2.75) is 47.6 Å². The molecule has 0 aliphatic carbocycles. The molecule has 0 atom stereocenters. The van der Waals surface area contributed by atoms with Gasteiger partial charge in [-0.15, -0.1) is 0 Å². The molecule has 0 unspecified atom stereocenters. The third-order valence-corrected chi connectivity index (χ3v) is 3.45. The zero-order valence-electron chi connectivity index (χ0n) is 13.6. The van der Waals surface area contributed by atoms with Crippen LogP contribution < -0.4 is 4.74 Å². The highest BCUT2D eigenvalue weighted by molar-refractivity contribution is 5.99. The van der Waals surface area contributed by atoms with Crippen molar-refractivity contribution in [2.24, 2.45) is 0 Å². The lowest BCUT2D eigenvalue weighted by atomic mass is 10.0. The maximum atomic E-state index is 12.4. The van der Waals surface area contributed by atoms with E-state index in [-0.39, 0.29) is 11.9 Å². The fourth-order valence-corrected chi connectivity index (χ4v) is 2.21. The van der Waals surface area contributed by atoms with Gasteiger partial charge in [0.1, 0.15) is 5.75 Å². The van der Waals surface area contributed by atoms with Gasteiger partial charge in [-0.1, -0.05) is 13.8 Å². The van der Waals surface area contributed by atoms with E-state index in [9.17, 15) is 4.79 Å². The highest BCUT2D eigenvalue weighted by atomic mass is 16.5. The SMILES string of the molecule is CCN(CC)CC(=O)c1cc(C)c(OC(C)C)cc1C. The third kappa shape index (κ3) is 4.34. The number of rotatable bonds is 7. The Morgan fingerprint density at radius 1 is 1.15 bits per heavy atom. The molecule has 0 amide bonds. The van der Waals surface area contributed by atoms with Crippen LogP contribution in [-0.4, -0.2) is 36.4 Å². The van der Waals surface area contributed by atoms with Crippen LogP contribution in [0.2, 0.25) is 0 Å². The predicted molar refractivity (Wildman–Crippen MR) is 83.8 cm³/mol. The lowest BCUT2D eigenvalue weighted by Crippen LogP contribution is -2.29. The fraction of sp³-hybridized carbons (Fsp3) is 0.588. The van der Waals surface area contributed by atoms with Gasteiger partial charge in [0, 0.05) is 5.56 Å². The molecule has 0 N–H and O–H groups in total. The largest absolute Gasteiger partial charge is 0.491 e. The Hall–Kier alpha value is -1.35. The van der Waals surface area contributed by atoms with Crippen LogP contribution in [0.1, 0.15) is 49.2 Å². The molecule has 20 heavy (non-hydrogen) atoms. The van der Waals surface area contributed by atoms with E-state index in [0.717, 1.165) is 35.5 Å². The molecule has 0 saturated heterocycles. The van der Waals surface area contributed by atoms with Crippen LogP contribution in [-0.2, 0) is 0 Å². The molecule has 0 bridgehead atoms. The molecule has 0 saturated carbocycles. The summed E-state index contributed by atoms with van der Waals surface area (Å²) in [5.41, 5.74) is 2.82. The van der Waals surface area contributed by atoms with Crippen LogP contribution in [0.5, 0.6) is 5.75 Å². The van der Waals surface area contributed by atoms with Crippen molar-refractivity contribution in [2.75, 3.05) is 19.6 Å². The van der Waals surface area contributed by atoms with E-state index in [0.29, 0.717) is 6.54 Å². The number of hydrogen-bond acceptors (Lipinski definition) is 3. The number of aryl methyl sites for hydroxylation is 2. The van der Waals surface area contributed by atoms with E-state index in [1.165, 1.54) is 0 Å². The van der Waals surface area contributed by atoms with Crippen molar-refractivity contribution in [3.8, 4) is 5.75 Å². The fourth-order valence-electron chi connectivity index (χ4n) is 2.21. The average Bonchev–Trinajstić information content (AvgIpc) is 2.38. The second kappa shape index (κ2) is 7.44.